The van der Waals surface area contributed by atoms with E-state index in [0.29, 0.717) is 0 Å². The van der Waals surface area contributed by atoms with E-state index in [0.717, 1.165) is 17.8 Å². The molecule has 0 N–H and O–H groups in total. The van der Waals surface area contributed by atoms with Gasteiger partial charge in [0.2, 0.25) is 0 Å². The zero-order valence-corrected chi connectivity index (χ0v) is 6.42. The van der Waals surface area contributed by atoms with Crippen molar-refractivity contribution >= 4 is 0 Å². The summed E-state index contributed by atoms with van der Waals surface area (Å²) in [6, 6.07) is 0. The maximum Gasteiger partial charge on any atom is 0.00131 e. The smallest absolute Gasteiger partial charge is 0.00131 e. The van der Waals surface area contributed by atoms with E-state index in [1.807, 2.05) is 0 Å². The molecule has 1 saturated carbocycles. The summed E-state index contributed by atoms with van der Waals surface area (Å²) >= 11 is 0. The Morgan fingerprint density at radius 1 is 0.900 bits per heavy atom. The summed E-state index contributed by atoms with van der Waals surface area (Å²) in [5.74, 6) is 3.32. The van der Waals surface area contributed by atoms with Gasteiger partial charge in [0.1, 0.15) is 0 Å². The van der Waals surface area contributed by atoms with Crippen molar-refractivity contribution in [1.82, 2.24) is 4.90 Å². The molecule has 0 radical (unpaired) electrons. The average Bonchev–Trinajstić information content (AvgIpc) is 2.11. The van der Waals surface area contributed by atoms with Crippen LogP contribution in [0.1, 0.15) is 19.3 Å². The minimum atomic E-state index is 1.09. The Balaban J connectivity index is 1.94. The number of rotatable bonds is 0. The molecular weight excluding hydrogens is 122 g/mol. The van der Waals surface area contributed by atoms with Crippen LogP contribution in [0.25, 0.3) is 0 Å². The molecule has 3 bridgehead atoms. The van der Waals surface area contributed by atoms with Gasteiger partial charge in [0.25, 0.3) is 0 Å². The number of piperidine rings is 1. The summed E-state index contributed by atoms with van der Waals surface area (Å²) in [5.41, 5.74) is 0. The van der Waals surface area contributed by atoms with Crippen molar-refractivity contribution in [2.24, 2.45) is 17.8 Å². The second-order valence-corrected chi connectivity index (χ2v) is 4.42. The molecule has 2 aliphatic heterocycles. The van der Waals surface area contributed by atoms with Crippen molar-refractivity contribution < 1.29 is 0 Å². The maximum absolute atomic E-state index is 2.69. The van der Waals surface area contributed by atoms with Crippen molar-refractivity contribution in [2.45, 2.75) is 19.3 Å². The molecule has 4 unspecified atom stereocenters. The number of nitrogens with zero attached hydrogens (tertiary/aromatic N) is 1. The fourth-order valence-corrected chi connectivity index (χ4v) is 3.31. The maximum atomic E-state index is 2.69. The number of hydrogen-bond acceptors (Lipinski definition) is 1. The first-order valence-corrected chi connectivity index (χ1v) is 4.64. The van der Waals surface area contributed by atoms with E-state index in [4.69, 9.17) is 0 Å². The summed E-state index contributed by atoms with van der Waals surface area (Å²) in [7, 11) is 0. The van der Waals surface area contributed by atoms with Gasteiger partial charge in [-0.25, -0.2) is 0 Å². The highest BCUT2D eigenvalue weighted by Crippen LogP contribution is 2.43. The van der Waals surface area contributed by atoms with Gasteiger partial charge in [0, 0.05) is 19.6 Å². The first kappa shape index (κ1) is 5.59. The average molecular weight is 137 g/mol. The first-order chi connectivity index (χ1) is 4.92. The molecular formula is C9H15N. The zero-order chi connectivity index (χ0) is 6.55. The third-order valence-electron chi connectivity index (χ3n) is 3.75. The van der Waals surface area contributed by atoms with Crippen LogP contribution < -0.4 is 0 Å². The SMILES string of the molecule is C1CC2CN3CC1CC2C3. The Hall–Kier alpha value is -0.0400. The Kier molecular flexibility index (Phi) is 0.984. The largest absolute Gasteiger partial charge is 0.302 e. The lowest BCUT2D eigenvalue weighted by Crippen LogP contribution is -2.34. The van der Waals surface area contributed by atoms with Gasteiger partial charge in [-0.3, -0.25) is 0 Å². The summed E-state index contributed by atoms with van der Waals surface area (Å²) in [4.78, 5) is 2.69. The third kappa shape index (κ3) is 0.619. The highest BCUT2D eigenvalue weighted by atomic mass is 15.2. The molecule has 1 aliphatic carbocycles. The highest BCUT2D eigenvalue weighted by Gasteiger charge is 2.42. The van der Waals surface area contributed by atoms with Crippen LogP contribution in [-0.4, -0.2) is 24.5 Å². The van der Waals surface area contributed by atoms with E-state index < -0.39 is 0 Å². The van der Waals surface area contributed by atoms with E-state index in [1.54, 1.807) is 12.8 Å². The number of fused-ring (bicyclic) bond motifs is 2. The van der Waals surface area contributed by atoms with Gasteiger partial charge in [-0.2, -0.15) is 0 Å². The Morgan fingerprint density at radius 3 is 2.80 bits per heavy atom. The topological polar surface area (TPSA) is 3.24 Å². The molecule has 2 saturated heterocycles. The lowest BCUT2D eigenvalue weighted by atomic mass is 9.75. The van der Waals surface area contributed by atoms with Gasteiger partial charge in [-0.05, 0) is 37.0 Å². The van der Waals surface area contributed by atoms with Crippen molar-refractivity contribution in [3.05, 3.63) is 0 Å². The van der Waals surface area contributed by atoms with Crippen LogP contribution in [0.15, 0.2) is 0 Å². The molecule has 1 heteroatoms. The monoisotopic (exact) mass is 137 g/mol. The van der Waals surface area contributed by atoms with Crippen LogP contribution >= 0.6 is 0 Å². The molecule has 3 fully saturated rings. The fraction of sp³-hybridized carbons (Fsp3) is 1.00. The van der Waals surface area contributed by atoms with Crippen molar-refractivity contribution in [1.29, 1.82) is 0 Å². The number of hydrogen-bond donors (Lipinski definition) is 0. The summed E-state index contributed by atoms with van der Waals surface area (Å²) in [6.07, 6.45) is 4.66. The predicted molar refractivity (Wildman–Crippen MR) is 40.8 cm³/mol. The quantitative estimate of drug-likeness (QED) is 0.487. The van der Waals surface area contributed by atoms with Crippen LogP contribution in [0.4, 0.5) is 0 Å². The fourth-order valence-electron chi connectivity index (χ4n) is 3.31. The summed E-state index contributed by atoms with van der Waals surface area (Å²) in [5, 5.41) is 0. The Morgan fingerprint density at radius 2 is 1.80 bits per heavy atom. The molecule has 0 aromatic carbocycles. The minimum absolute atomic E-state index is 1.09. The predicted octanol–water partition coefficient (Wildman–Crippen LogP) is 1.35. The highest BCUT2D eigenvalue weighted by molar-refractivity contribution is 4.95. The normalized spacial score (nSPS) is 57.6. The molecule has 1 nitrogen and oxygen atoms in total. The second kappa shape index (κ2) is 1.76. The van der Waals surface area contributed by atoms with E-state index in [9.17, 15) is 0 Å². The van der Waals surface area contributed by atoms with Crippen molar-refractivity contribution in [2.75, 3.05) is 19.6 Å². The van der Waals surface area contributed by atoms with Crippen LogP contribution in [-0.2, 0) is 0 Å². The van der Waals surface area contributed by atoms with Gasteiger partial charge in [0.15, 0.2) is 0 Å². The molecule has 2 heterocycles. The van der Waals surface area contributed by atoms with Gasteiger partial charge in [0.05, 0.1) is 0 Å². The lowest BCUT2D eigenvalue weighted by Gasteiger charge is -2.34. The van der Waals surface area contributed by atoms with Crippen molar-refractivity contribution in [3.8, 4) is 0 Å². The van der Waals surface area contributed by atoms with Crippen LogP contribution in [0.3, 0.4) is 0 Å². The van der Waals surface area contributed by atoms with Crippen LogP contribution in [0, 0.1) is 17.8 Å². The Labute approximate surface area is 62.4 Å². The van der Waals surface area contributed by atoms with Crippen LogP contribution in [0.2, 0.25) is 0 Å². The standard InChI is InChI=1S/C9H15N/c1-2-8-5-10-4-7(1)3-9(8)6-10/h7-9H,1-6H2. The van der Waals surface area contributed by atoms with E-state index in [1.165, 1.54) is 26.1 Å². The second-order valence-electron chi connectivity index (χ2n) is 4.42. The molecule has 3 rings (SSSR count). The molecule has 3 aliphatic rings. The first-order valence-electron chi connectivity index (χ1n) is 4.64. The van der Waals surface area contributed by atoms with Gasteiger partial charge < -0.3 is 4.90 Å². The summed E-state index contributed by atoms with van der Waals surface area (Å²) < 4.78 is 0. The molecule has 0 aromatic rings. The van der Waals surface area contributed by atoms with E-state index >= 15 is 0 Å². The Bertz CT molecular complexity index is 145. The van der Waals surface area contributed by atoms with Gasteiger partial charge in [-0.1, -0.05) is 0 Å². The molecule has 4 atom stereocenters. The minimum Gasteiger partial charge on any atom is -0.302 e. The van der Waals surface area contributed by atoms with E-state index in [-0.39, 0.29) is 0 Å². The van der Waals surface area contributed by atoms with E-state index in [2.05, 4.69) is 4.90 Å². The zero-order valence-electron chi connectivity index (χ0n) is 6.42. The lowest BCUT2D eigenvalue weighted by molar-refractivity contribution is 0.163. The van der Waals surface area contributed by atoms with Gasteiger partial charge in [-0.15, -0.1) is 0 Å². The molecule has 56 valence electrons. The summed E-state index contributed by atoms with van der Waals surface area (Å²) in [6.45, 7) is 4.33. The molecule has 0 spiro atoms. The van der Waals surface area contributed by atoms with Crippen LogP contribution in [0.5, 0.6) is 0 Å². The molecule has 0 amide bonds. The molecule has 10 heavy (non-hydrogen) atoms. The van der Waals surface area contributed by atoms with Crippen molar-refractivity contribution in [3.63, 3.8) is 0 Å². The molecule has 0 aromatic heterocycles. The third-order valence-corrected chi connectivity index (χ3v) is 3.75. The van der Waals surface area contributed by atoms with Gasteiger partial charge >= 0.3 is 0 Å².